The summed E-state index contributed by atoms with van der Waals surface area (Å²) in [5.74, 6) is 0.181. The third kappa shape index (κ3) is 3.80. The van der Waals surface area contributed by atoms with Gasteiger partial charge in [-0.2, -0.15) is 0 Å². The van der Waals surface area contributed by atoms with Crippen LogP contribution >= 0.6 is 15.9 Å². The lowest BCUT2D eigenvalue weighted by molar-refractivity contribution is -0.118. The fourth-order valence-electron chi connectivity index (χ4n) is 2.52. The molecule has 0 radical (unpaired) electrons. The molecule has 1 fully saturated rings. The van der Waals surface area contributed by atoms with Crippen molar-refractivity contribution in [2.75, 3.05) is 18.5 Å². The second-order valence-electron chi connectivity index (χ2n) is 5.23. The molecule has 1 aliphatic rings. The lowest BCUT2D eigenvalue weighted by Gasteiger charge is -2.26. The highest BCUT2D eigenvalue weighted by atomic mass is 79.9. The van der Waals surface area contributed by atoms with Gasteiger partial charge < -0.3 is 10.2 Å². The van der Waals surface area contributed by atoms with E-state index >= 15 is 0 Å². The number of piperidine rings is 1. The largest absolute Gasteiger partial charge is 0.315 e. The van der Waals surface area contributed by atoms with E-state index in [2.05, 4.69) is 21.2 Å². The Morgan fingerprint density at radius 2 is 2.26 bits per heavy atom. The molecule has 1 aromatic carbocycles. The third-order valence-corrected chi connectivity index (χ3v) is 4.23. The highest BCUT2D eigenvalue weighted by Gasteiger charge is 2.20. The molecule has 19 heavy (non-hydrogen) atoms. The number of amides is 1. The van der Waals surface area contributed by atoms with E-state index in [4.69, 9.17) is 0 Å². The van der Waals surface area contributed by atoms with Crippen LogP contribution in [-0.2, 0) is 4.79 Å². The molecule has 1 heterocycles. The highest BCUT2D eigenvalue weighted by molar-refractivity contribution is 9.10. The topological polar surface area (TPSA) is 32.3 Å². The molecule has 104 valence electrons. The number of anilines is 1. The molecular formula is C15H21BrN2O. The maximum Gasteiger partial charge on any atom is 0.228 e. The zero-order valence-electron chi connectivity index (χ0n) is 11.6. The first kappa shape index (κ1) is 14.5. The van der Waals surface area contributed by atoms with E-state index in [-0.39, 0.29) is 5.91 Å². The standard InChI is InChI=1S/C15H21BrN2O/c1-11-6-7-12(16)9-14(11)18(2)15(19)10-13-5-3-4-8-17-13/h6-7,9,13,17H,3-5,8,10H2,1-2H3. The van der Waals surface area contributed by atoms with Gasteiger partial charge in [0.25, 0.3) is 0 Å². The van der Waals surface area contributed by atoms with Crippen LogP contribution in [0.3, 0.4) is 0 Å². The Bertz CT molecular complexity index is 455. The van der Waals surface area contributed by atoms with Crippen molar-refractivity contribution in [2.24, 2.45) is 0 Å². The molecule has 1 amide bonds. The van der Waals surface area contributed by atoms with Crippen molar-refractivity contribution in [3.8, 4) is 0 Å². The maximum atomic E-state index is 12.3. The first-order chi connectivity index (χ1) is 9.08. The number of aryl methyl sites for hydroxylation is 1. The minimum Gasteiger partial charge on any atom is -0.315 e. The van der Waals surface area contributed by atoms with Gasteiger partial charge >= 0.3 is 0 Å². The summed E-state index contributed by atoms with van der Waals surface area (Å²) in [5, 5.41) is 3.43. The van der Waals surface area contributed by atoms with Crippen molar-refractivity contribution in [3.05, 3.63) is 28.2 Å². The van der Waals surface area contributed by atoms with Crippen molar-refractivity contribution in [3.63, 3.8) is 0 Å². The Kier molecular flexibility index (Phi) is 4.99. The molecule has 0 spiro atoms. The summed E-state index contributed by atoms with van der Waals surface area (Å²) in [6, 6.07) is 6.37. The predicted molar refractivity (Wildman–Crippen MR) is 82.5 cm³/mol. The smallest absolute Gasteiger partial charge is 0.228 e. The summed E-state index contributed by atoms with van der Waals surface area (Å²) in [4.78, 5) is 14.1. The number of halogens is 1. The number of benzene rings is 1. The van der Waals surface area contributed by atoms with Gasteiger partial charge in [0.1, 0.15) is 0 Å². The second kappa shape index (κ2) is 6.53. The monoisotopic (exact) mass is 324 g/mol. The van der Waals surface area contributed by atoms with Crippen LogP contribution in [0.4, 0.5) is 5.69 Å². The summed E-state index contributed by atoms with van der Waals surface area (Å²) in [7, 11) is 1.86. The minimum absolute atomic E-state index is 0.181. The summed E-state index contributed by atoms with van der Waals surface area (Å²) < 4.78 is 1.00. The lowest BCUT2D eigenvalue weighted by Crippen LogP contribution is -2.39. The fraction of sp³-hybridized carbons (Fsp3) is 0.533. The van der Waals surface area contributed by atoms with Crippen LogP contribution in [0.15, 0.2) is 22.7 Å². The van der Waals surface area contributed by atoms with Crippen LogP contribution < -0.4 is 10.2 Å². The Hall–Kier alpha value is -0.870. The van der Waals surface area contributed by atoms with E-state index in [1.165, 1.54) is 12.8 Å². The van der Waals surface area contributed by atoms with Gasteiger partial charge in [0.15, 0.2) is 0 Å². The molecule has 1 aliphatic heterocycles. The maximum absolute atomic E-state index is 12.3. The summed E-state index contributed by atoms with van der Waals surface area (Å²) in [6.45, 7) is 3.07. The molecule has 1 aromatic rings. The molecule has 4 heteroatoms. The van der Waals surface area contributed by atoms with E-state index in [0.29, 0.717) is 12.5 Å². The normalized spacial score (nSPS) is 19.2. The van der Waals surface area contributed by atoms with E-state index < -0.39 is 0 Å². The van der Waals surface area contributed by atoms with Crippen LogP contribution in [0, 0.1) is 6.92 Å². The number of rotatable bonds is 3. The quantitative estimate of drug-likeness (QED) is 0.925. The van der Waals surface area contributed by atoms with Crippen LogP contribution in [0.1, 0.15) is 31.2 Å². The van der Waals surface area contributed by atoms with Crippen LogP contribution in [0.25, 0.3) is 0 Å². The molecule has 0 saturated carbocycles. The van der Waals surface area contributed by atoms with E-state index in [1.807, 2.05) is 32.2 Å². The number of nitrogens with one attached hydrogen (secondary N) is 1. The van der Waals surface area contributed by atoms with E-state index in [1.54, 1.807) is 4.90 Å². The van der Waals surface area contributed by atoms with Gasteiger partial charge in [-0.15, -0.1) is 0 Å². The molecular weight excluding hydrogens is 304 g/mol. The molecule has 0 aliphatic carbocycles. The van der Waals surface area contributed by atoms with Crippen molar-refractivity contribution in [1.29, 1.82) is 0 Å². The molecule has 1 N–H and O–H groups in total. The molecule has 1 atom stereocenters. The van der Waals surface area contributed by atoms with Gasteiger partial charge in [-0.3, -0.25) is 4.79 Å². The number of carbonyl (C=O) groups excluding carboxylic acids is 1. The molecule has 0 aromatic heterocycles. The molecule has 1 unspecified atom stereocenters. The fourth-order valence-corrected chi connectivity index (χ4v) is 2.87. The summed E-state index contributed by atoms with van der Waals surface area (Å²) >= 11 is 3.46. The minimum atomic E-state index is 0.181. The second-order valence-corrected chi connectivity index (χ2v) is 6.15. The van der Waals surface area contributed by atoms with Crippen LogP contribution in [0.5, 0.6) is 0 Å². The Balaban J connectivity index is 2.03. The Labute approximate surface area is 123 Å². The van der Waals surface area contributed by atoms with Crippen molar-refractivity contribution in [1.82, 2.24) is 5.32 Å². The first-order valence-corrected chi connectivity index (χ1v) is 7.63. The highest BCUT2D eigenvalue weighted by Crippen LogP contribution is 2.24. The van der Waals surface area contributed by atoms with Gasteiger partial charge in [-0.1, -0.05) is 28.4 Å². The van der Waals surface area contributed by atoms with Crippen molar-refractivity contribution in [2.45, 2.75) is 38.6 Å². The number of hydrogen-bond acceptors (Lipinski definition) is 2. The van der Waals surface area contributed by atoms with Crippen LogP contribution in [-0.4, -0.2) is 25.5 Å². The molecule has 0 bridgehead atoms. The van der Waals surface area contributed by atoms with Gasteiger partial charge in [0, 0.05) is 29.7 Å². The van der Waals surface area contributed by atoms with E-state index in [0.717, 1.165) is 28.7 Å². The molecule has 3 nitrogen and oxygen atoms in total. The molecule has 2 rings (SSSR count). The van der Waals surface area contributed by atoms with Gasteiger partial charge in [-0.25, -0.2) is 0 Å². The Morgan fingerprint density at radius 3 is 2.95 bits per heavy atom. The van der Waals surface area contributed by atoms with Gasteiger partial charge in [-0.05, 0) is 44.0 Å². The third-order valence-electron chi connectivity index (χ3n) is 3.74. The predicted octanol–water partition coefficient (Wildman–Crippen LogP) is 3.25. The average molecular weight is 325 g/mol. The SMILES string of the molecule is Cc1ccc(Br)cc1N(C)C(=O)CC1CCCCN1. The van der Waals surface area contributed by atoms with Gasteiger partial charge in [0.05, 0.1) is 0 Å². The van der Waals surface area contributed by atoms with Crippen molar-refractivity contribution < 1.29 is 4.79 Å². The summed E-state index contributed by atoms with van der Waals surface area (Å²) in [5.41, 5.74) is 2.10. The summed E-state index contributed by atoms with van der Waals surface area (Å²) in [6.07, 6.45) is 4.15. The zero-order chi connectivity index (χ0) is 13.8. The van der Waals surface area contributed by atoms with Crippen LogP contribution in [0.2, 0.25) is 0 Å². The number of nitrogens with zero attached hydrogens (tertiary/aromatic N) is 1. The average Bonchev–Trinajstić information content (AvgIpc) is 2.42. The lowest BCUT2D eigenvalue weighted by atomic mass is 10.0. The zero-order valence-corrected chi connectivity index (χ0v) is 13.2. The van der Waals surface area contributed by atoms with E-state index in [9.17, 15) is 4.79 Å². The Morgan fingerprint density at radius 1 is 1.47 bits per heavy atom. The molecule has 1 saturated heterocycles. The van der Waals surface area contributed by atoms with Gasteiger partial charge in [0.2, 0.25) is 5.91 Å². The number of carbonyl (C=O) groups is 1. The first-order valence-electron chi connectivity index (χ1n) is 6.84. The number of hydrogen-bond donors (Lipinski definition) is 1. The van der Waals surface area contributed by atoms with Crippen molar-refractivity contribution >= 4 is 27.5 Å².